The van der Waals surface area contributed by atoms with Gasteiger partial charge in [0.05, 0.1) is 10.8 Å². The van der Waals surface area contributed by atoms with Gasteiger partial charge in [-0.15, -0.1) is 21.5 Å². The van der Waals surface area contributed by atoms with Crippen LogP contribution in [0.15, 0.2) is 45.4 Å². The molecule has 3 aromatic rings. The zero-order chi connectivity index (χ0) is 20.3. The fourth-order valence-electron chi connectivity index (χ4n) is 2.40. The largest absolute Gasteiger partial charge is 0.411 e. The summed E-state index contributed by atoms with van der Waals surface area (Å²) >= 11 is 2.49. The minimum Gasteiger partial charge on any atom is -0.411 e. The fourth-order valence-corrected chi connectivity index (χ4v) is 3.82. The first-order valence-electron chi connectivity index (χ1n) is 8.67. The van der Waals surface area contributed by atoms with Gasteiger partial charge in [-0.25, -0.2) is 0 Å². The predicted molar refractivity (Wildman–Crippen MR) is 111 cm³/mol. The SMILES string of the molecule is CC(Sc1nnc(-c2ccc(C(C)(C)C)cc2)o1)C(=O)Nc1sccc1C#N. The van der Waals surface area contributed by atoms with Gasteiger partial charge in [0.2, 0.25) is 11.8 Å². The van der Waals surface area contributed by atoms with E-state index in [9.17, 15) is 4.79 Å². The van der Waals surface area contributed by atoms with Crippen LogP contribution in [0.3, 0.4) is 0 Å². The van der Waals surface area contributed by atoms with E-state index >= 15 is 0 Å². The summed E-state index contributed by atoms with van der Waals surface area (Å²) in [4.78, 5) is 12.4. The van der Waals surface area contributed by atoms with Gasteiger partial charge in [-0.2, -0.15) is 5.26 Å². The highest BCUT2D eigenvalue weighted by atomic mass is 32.2. The van der Waals surface area contributed by atoms with Crippen molar-refractivity contribution in [3.8, 4) is 17.5 Å². The van der Waals surface area contributed by atoms with E-state index in [-0.39, 0.29) is 11.3 Å². The molecule has 0 aliphatic rings. The van der Waals surface area contributed by atoms with Crippen LogP contribution in [0.1, 0.15) is 38.8 Å². The lowest BCUT2D eigenvalue weighted by molar-refractivity contribution is -0.115. The number of nitriles is 1. The molecule has 0 aliphatic heterocycles. The summed E-state index contributed by atoms with van der Waals surface area (Å²) in [6.07, 6.45) is 0. The maximum absolute atomic E-state index is 12.4. The summed E-state index contributed by atoms with van der Waals surface area (Å²) < 4.78 is 5.71. The monoisotopic (exact) mass is 412 g/mol. The van der Waals surface area contributed by atoms with Crippen molar-refractivity contribution < 1.29 is 9.21 Å². The number of anilines is 1. The molecule has 2 heterocycles. The maximum atomic E-state index is 12.4. The number of thiophene rings is 1. The second-order valence-corrected chi connectivity index (χ2v) is 9.43. The lowest BCUT2D eigenvalue weighted by Gasteiger charge is -2.18. The summed E-state index contributed by atoms with van der Waals surface area (Å²) in [6.45, 7) is 8.23. The van der Waals surface area contributed by atoms with Crippen molar-refractivity contribution in [3.63, 3.8) is 0 Å². The molecule has 0 radical (unpaired) electrons. The van der Waals surface area contributed by atoms with Crippen LogP contribution in [0, 0.1) is 11.3 Å². The molecule has 1 N–H and O–H groups in total. The van der Waals surface area contributed by atoms with Crippen molar-refractivity contribution in [2.24, 2.45) is 0 Å². The number of aromatic nitrogens is 2. The number of carbonyl (C=O) groups is 1. The van der Waals surface area contributed by atoms with Crippen LogP contribution in [0.5, 0.6) is 0 Å². The van der Waals surface area contributed by atoms with E-state index in [0.29, 0.717) is 21.7 Å². The Hall–Kier alpha value is -2.63. The zero-order valence-corrected chi connectivity index (χ0v) is 17.6. The van der Waals surface area contributed by atoms with E-state index in [1.165, 1.54) is 28.7 Å². The Kier molecular flexibility index (Phi) is 5.87. The van der Waals surface area contributed by atoms with Gasteiger partial charge in [-0.05, 0) is 41.5 Å². The van der Waals surface area contributed by atoms with E-state index in [0.717, 1.165) is 5.56 Å². The highest BCUT2D eigenvalue weighted by Gasteiger charge is 2.20. The molecule has 144 valence electrons. The van der Waals surface area contributed by atoms with Crippen LogP contribution < -0.4 is 5.32 Å². The van der Waals surface area contributed by atoms with Gasteiger partial charge in [-0.1, -0.05) is 44.7 Å². The van der Waals surface area contributed by atoms with E-state index in [4.69, 9.17) is 9.68 Å². The summed E-state index contributed by atoms with van der Waals surface area (Å²) in [5.41, 5.74) is 2.59. The Morgan fingerprint density at radius 2 is 1.96 bits per heavy atom. The lowest BCUT2D eigenvalue weighted by atomic mass is 9.87. The first-order valence-corrected chi connectivity index (χ1v) is 10.4. The Morgan fingerprint density at radius 1 is 1.25 bits per heavy atom. The number of thioether (sulfide) groups is 1. The number of nitrogens with one attached hydrogen (secondary N) is 1. The number of amides is 1. The van der Waals surface area contributed by atoms with Crippen LogP contribution in [-0.4, -0.2) is 21.4 Å². The van der Waals surface area contributed by atoms with Crippen LogP contribution in [0.2, 0.25) is 0 Å². The molecule has 6 nitrogen and oxygen atoms in total. The van der Waals surface area contributed by atoms with Gasteiger partial charge in [-0.3, -0.25) is 4.79 Å². The topological polar surface area (TPSA) is 91.8 Å². The Morgan fingerprint density at radius 3 is 2.61 bits per heavy atom. The molecule has 0 aliphatic carbocycles. The number of rotatable bonds is 5. The Bertz CT molecular complexity index is 1010. The molecule has 28 heavy (non-hydrogen) atoms. The summed E-state index contributed by atoms with van der Waals surface area (Å²) in [5.74, 6) is 0.193. The Balaban J connectivity index is 1.65. The molecule has 0 saturated heterocycles. The summed E-state index contributed by atoms with van der Waals surface area (Å²) in [7, 11) is 0. The molecule has 0 fully saturated rings. The van der Waals surface area contributed by atoms with E-state index in [1.54, 1.807) is 18.4 Å². The average Bonchev–Trinajstić information content (AvgIpc) is 3.30. The number of hydrogen-bond acceptors (Lipinski definition) is 7. The molecule has 3 rings (SSSR count). The average molecular weight is 413 g/mol. The maximum Gasteiger partial charge on any atom is 0.277 e. The van der Waals surface area contributed by atoms with Crippen molar-refractivity contribution in [2.75, 3.05) is 5.32 Å². The molecule has 1 amide bonds. The number of nitrogens with zero attached hydrogens (tertiary/aromatic N) is 3. The molecule has 0 bridgehead atoms. The van der Waals surface area contributed by atoms with E-state index in [1.807, 2.05) is 12.1 Å². The molecule has 1 unspecified atom stereocenters. The van der Waals surface area contributed by atoms with Crippen molar-refractivity contribution in [1.82, 2.24) is 10.2 Å². The number of hydrogen-bond donors (Lipinski definition) is 1. The van der Waals surface area contributed by atoms with Crippen molar-refractivity contribution in [3.05, 3.63) is 46.8 Å². The van der Waals surface area contributed by atoms with Crippen LogP contribution in [0.25, 0.3) is 11.5 Å². The normalized spacial score (nSPS) is 12.4. The van der Waals surface area contributed by atoms with Crippen LogP contribution in [-0.2, 0) is 10.2 Å². The van der Waals surface area contributed by atoms with Crippen molar-refractivity contribution >= 4 is 34.0 Å². The van der Waals surface area contributed by atoms with Crippen LogP contribution in [0.4, 0.5) is 5.00 Å². The van der Waals surface area contributed by atoms with Gasteiger partial charge < -0.3 is 9.73 Å². The minimum absolute atomic E-state index is 0.0746. The highest BCUT2D eigenvalue weighted by molar-refractivity contribution is 8.00. The second kappa shape index (κ2) is 8.17. The highest BCUT2D eigenvalue weighted by Crippen LogP contribution is 2.29. The minimum atomic E-state index is -0.454. The molecular weight excluding hydrogens is 392 g/mol. The van der Waals surface area contributed by atoms with Crippen LogP contribution >= 0.6 is 23.1 Å². The zero-order valence-electron chi connectivity index (χ0n) is 16.0. The molecule has 2 aromatic heterocycles. The molecule has 0 spiro atoms. The third-order valence-corrected chi connectivity index (χ3v) is 5.84. The van der Waals surface area contributed by atoms with Gasteiger partial charge in [0.25, 0.3) is 5.22 Å². The van der Waals surface area contributed by atoms with Gasteiger partial charge in [0.15, 0.2) is 0 Å². The Labute approximate surface area is 172 Å². The molecule has 0 saturated carbocycles. The molecule has 1 aromatic carbocycles. The lowest BCUT2D eigenvalue weighted by Crippen LogP contribution is -2.22. The second-order valence-electron chi connectivity index (χ2n) is 7.23. The fraction of sp³-hybridized carbons (Fsp3) is 0.300. The first-order chi connectivity index (χ1) is 13.3. The van der Waals surface area contributed by atoms with Gasteiger partial charge in [0.1, 0.15) is 11.1 Å². The predicted octanol–water partition coefficient (Wildman–Crippen LogP) is 5.09. The third-order valence-electron chi connectivity index (χ3n) is 4.07. The van der Waals surface area contributed by atoms with Crippen molar-refractivity contribution in [2.45, 2.75) is 43.6 Å². The first kappa shape index (κ1) is 20.1. The van der Waals surface area contributed by atoms with Gasteiger partial charge in [0, 0.05) is 5.56 Å². The van der Waals surface area contributed by atoms with Crippen molar-refractivity contribution in [1.29, 1.82) is 5.26 Å². The number of carbonyl (C=O) groups excluding carboxylic acids is 1. The number of benzene rings is 1. The summed E-state index contributed by atoms with van der Waals surface area (Å²) in [5, 5.41) is 22.1. The molecular formula is C20H20N4O2S2. The van der Waals surface area contributed by atoms with E-state index in [2.05, 4.69) is 54.5 Å². The smallest absolute Gasteiger partial charge is 0.277 e. The molecule has 1 atom stereocenters. The third kappa shape index (κ3) is 4.61. The summed E-state index contributed by atoms with van der Waals surface area (Å²) in [6, 6.07) is 11.7. The van der Waals surface area contributed by atoms with Gasteiger partial charge >= 0.3 is 0 Å². The standard InChI is InChI=1S/C20H20N4O2S2/c1-12(16(25)22-18-14(11-21)9-10-27-18)28-19-24-23-17(26-19)13-5-7-15(8-6-13)20(2,3)4/h5-10,12H,1-4H3,(H,22,25). The quantitative estimate of drug-likeness (QED) is 0.587. The molecule has 8 heteroatoms. The van der Waals surface area contributed by atoms with E-state index < -0.39 is 5.25 Å².